The van der Waals surface area contributed by atoms with Gasteiger partial charge in [-0.1, -0.05) is 51.1 Å². The van der Waals surface area contributed by atoms with Crippen molar-refractivity contribution in [1.29, 1.82) is 0 Å². The maximum Gasteiger partial charge on any atom is 0.326 e. The van der Waals surface area contributed by atoms with Crippen molar-refractivity contribution in [3.8, 4) is 0 Å². The summed E-state index contributed by atoms with van der Waals surface area (Å²) in [5.74, 6) is -1.71. The third kappa shape index (κ3) is 8.65. The SMILES string of the molecule is CC(=O)N(CCc1ccccc1)CC(=O)NC(CCC(C)(C)C)C(=O)O. The van der Waals surface area contributed by atoms with Crippen LogP contribution in [0.3, 0.4) is 0 Å². The van der Waals surface area contributed by atoms with Crippen LogP contribution < -0.4 is 5.32 Å². The highest BCUT2D eigenvalue weighted by atomic mass is 16.4. The molecule has 1 aromatic rings. The van der Waals surface area contributed by atoms with E-state index in [0.29, 0.717) is 25.8 Å². The Balaban J connectivity index is 2.59. The second-order valence-electron chi connectivity index (χ2n) is 7.73. The van der Waals surface area contributed by atoms with Crippen molar-refractivity contribution in [3.05, 3.63) is 35.9 Å². The lowest BCUT2D eigenvalue weighted by molar-refractivity contribution is -0.142. The van der Waals surface area contributed by atoms with Crippen molar-refractivity contribution in [2.75, 3.05) is 13.1 Å². The van der Waals surface area contributed by atoms with Gasteiger partial charge in [0.2, 0.25) is 11.8 Å². The minimum atomic E-state index is -1.05. The van der Waals surface area contributed by atoms with E-state index in [2.05, 4.69) is 5.32 Å². The van der Waals surface area contributed by atoms with E-state index in [1.165, 1.54) is 11.8 Å². The maximum atomic E-state index is 12.2. The van der Waals surface area contributed by atoms with Crippen LogP contribution in [-0.2, 0) is 20.8 Å². The van der Waals surface area contributed by atoms with Gasteiger partial charge in [0.1, 0.15) is 6.04 Å². The Bertz CT molecular complexity index is 608. The number of carboxylic acids is 1. The summed E-state index contributed by atoms with van der Waals surface area (Å²) in [6, 6.07) is 8.75. The number of carbonyl (C=O) groups excluding carboxylic acids is 2. The van der Waals surface area contributed by atoms with E-state index >= 15 is 0 Å². The first-order valence-electron chi connectivity index (χ1n) is 8.90. The van der Waals surface area contributed by atoms with Crippen LogP contribution >= 0.6 is 0 Å². The van der Waals surface area contributed by atoms with Gasteiger partial charge in [-0.2, -0.15) is 0 Å². The molecular formula is C20H30N2O4. The lowest BCUT2D eigenvalue weighted by atomic mass is 9.88. The summed E-state index contributed by atoms with van der Waals surface area (Å²) in [7, 11) is 0. The zero-order chi connectivity index (χ0) is 19.7. The first kappa shape index (κ1) is 21.7. The number of benzene rings is 1. The van der Waals surface area contributed by atoms with E-state index < -0.39 is 17.9 Å². The lowest BCUT2D eigenvalue weighted by Gasteiger charge is -2.24. The van der Waals surface area contributed by atoms with Gasteiger partial charge in [0, 0.05) is 13.5 Å². The molecule has 1 rings (SSSR count). The summed E-state index contributed by atoms with van der Waals surface area (Å²) in [5, 5.41) is 11.9. The number of carboxylic acid groups (broad SMARTS) is 1. The molecule has 2 amide bonds. The van der Waals surface area contributed by atoms with Gasteiger partial charge in [-0.3, -0.25) is 9.59 Å². The predicted octanol–water partition coefficient (Wildman–Crippen LogP) is 2.47. The van der Waals surface area contributed by atoms with Gasteiger partial charge in [-0.25, -0.2) is 4.79 Å². The van der Waals surface area contributed by atoms with Crippen LogP contribution in [0.25, 0.3) is 0 Å². The number of hydrogen-bond donors (Lipinski definition) is 2. The smallest absolute Gasteiger partial charge is 0.326 e. The Hall–Kier alpha value is -2.37. The van der Waals surface area contributed by atoms with Gasteiger partial charge in [0.25, 0.3) is 0 Å². The van der Waals surface area contributed by atoms with Crippen molar-refractivity contribution in [2.45, 2.75) is 53.0 Å². The molecule has 26 heavy (non-hydrogen) atoms. The third-order valence-corrected chi connectivity index (χ3v) is 4.11. The van der Waals surface area contributed by atoms with E-state index in [0.717, 1.165) is 5.56 Å². The number of aliphatic carboxylic acids is 1. The van der Waals surface area contributed by atoms with Crippen molar-refractivity contribution >= 4 is 17.8 Å². The largest absolute Gasteiger partial charge is 0.480 e. The summed E-state index contributed by atoms with van der Waals surface area (Å²) in [5.41, 5.74) is 1.06. The quantitative estimate of drug-likeness (QED) is 0.706. The van der Waals surface area contributed by atoms with Crippen LogP contribution in [0.5, 0.6) is 0 Å². The van der Waals surface area contributed by atoms with E-state index in [9.17, 15) is 19.5 Å². The first-order valence-corrected chi connectivity index (χ1v) is 8.90. The molecule has 2 N–H and O–H groups in total. The van der Waals surface area contributed by atoms with Crippen molar-refractivity contribution < 1.29 is 19.5 Å². The Kier molecular flexibility index (Phi) is 8.29. The van der Waals surface area contributed by atoms with E-state index in [-0.39, 0.29) is 17.9 Å². The van der Waals surface area contributed by atoms with Crippen LogP contribution in [0, 0.1) is 5.41 Å². The van der Waals surface area contributed by atoms with Crippen LogP contribution in [0.15, 0.2) is 30.3 Å². The predicted molar refractivity (Wildman–Crippen MR) is 101 cm³/mol. The fraction of sp³-hybridized carbons (Fsp3) is 0.550. The zero-order valence-electron chi connectivity index (χ0n) is 16.1. The highest BCUT2D eigenvalue weighted by Crippen LogP contribution is 2.21. The fourth-order valence-electron chi connectivity index (χ4n) is 2.50. The van der Waals surface area contributed by atoms with Crippen LogP contribution in [0.4, 0.5) is 0 Å². The van der Waals surface area contributed by atoms with Crippen molar-refractivity contribution in [1.82, 2.24) is 10.2 Å². The van der Waals surface area contributed by atoms with Gasteiger partial charge in [0.05, 0.1) is 6.54 Å². The van der Waals surface area contributed by atoms with E-state index in [4.69, 9.17) is 0 Å². The minimum Gasteiger partial charge on any atom is -0.480 e. The molecule has 0 bridgehead atoms. The number of nitrogens with one attached hydrogen (secondary N) is 1. The lowest BCUT2D eigenvalue weighted by Crippen LogP contribution is -2.47. The summed E-state index contributed by atoms with van der Waals surface area (Å²) < 4.78 is 0. The van der Waals surface area contributed by atoms with E-state index in [1.54, 1.807) is 0 Å². The molecule has 1 aromatic carbocycles. The number of hydrogen-bond acceptors (Lipinski definition) is 3. The molecule has 0 aliphatic rings. The summed E-state index contributed by atoms with van der Waals surface area (Å²) >= 11 is 0. The second-order valence-corrected chi connectivity index (χ2v) is 7.73. The molecule has 0 aromatic heterocycles. The monoisotopic (exact) mass is 362 g/mol. The van der Waals surface area contributed by atoms with Crippen molar-refractivity contribution in [2.24, 2.45) is 5.41 Å². The van der Waals surface area contributed by atoms with Gasteiger partial charge >= 0.3 is 5.97 Å². The highest BCUT2D eigenvalue weighted by Gasteiger charge is 2.24. The van der Waals surface area contributed by atoms with Gasteiger partial charge in [-0.15, -0.1) is 0 Å². The second kappa shape index (κ2) is 9.94. The minimum absolute atomic E-state index is 0.0144. The van der Waals surface area contributed by atoms with Gasteiger partial charge in [0.15, 0.2) is 0 Å². The molecule has 0 saturated carbocycles. The molecule has 0 heterocycles. The standard InChI is InChI=1S/C20H30N2O4/c1-15(23)22(13-11-16-8-6-5-7-9-16)14-18(24)21-17(19(25)26)10-12-20(2,3)4/h5-9,17H,10-14H2,1-4H3,(H,21,24)(H,25,26). The molecular weight excluding hydrogens is 332 g/mol. The third-order valence-electron chi connectivity index (χ3n) is 4.11. The Morgan fingerprint density at radius 1 is 1.15 bits per heavy atom. The molecule has 0 aliphatic heterocycles. The van der Waals surface area contributed by atoms with Crippen LogP contribution in [0.2, 0.25) is 0 Å². The number of nitrogens with zero attached hydrogens (tertiary/aromatic N) is 1. The summed E-state index contributed by atoms with van der Waals surface area (Å²) in [6.45, 7) is 7.75. The Morgan fingerprint density at radius 3 is 2.27 bits per heavy atom. The molecule has 0 aliphatic carbocycles. The fourth-order valence-corrected chi connectivity index (χ4v) is 2.50. The van der Waals surface area contributed by atoms with E-state index in [1.807, 2.05) is 51.1 Å². The van der Waals surface area contributed by atoms with Crippen LogP contribution in [-0.4, -0.2) is 46.9 Å². The highest BCUT2D eigenvalue weighted by molar-refractivity contribution is 5.87. The molecule has 144 valence electrons. The Labute approximate surface area is 155 Å². The maximum absolute atomic E-state index is 12.2. The zero-order valence-corrected chi connectivity index (χ0v) is 16.1. The van der Waals surface area contributed by atoms with Crippen LogP contribution in [0.1, 0.15) is 46.1 Å². The molecule has 1 atom stereocenters. The molecule has 6 heteroatoms. The topological polar surface area (TPSA) is 86.7 Å². The normalized spacial score (nSPS) is 12.3. The van der Waals surface area contributed by atoms with Gasteiger partial charge in [-0.05, 0) is 30.2 Å². The Morgan fingerprint density at radius 2 is 1.77 bits per heavy atom. The molecule has 0 fully saturated rings. The molecule has 0 spiro atoms. The van der Waals surface area contributed by atoms with Crippen molar-refractivity contribution in [3.63, 3.8) is 0 Å². The average Bonchev–Trinajstić information content (AvgIpc) is 2.54. The summed E-state index contributed by atoms with van der Waals surface area (Å²) in [4.78, 5) is 36.9. The molecule has 6 nitrogen and oxygen atoms in total. The molecule has 0 radical (unpaired) electrons. The number of carbonyl (C=O) groups is 3. The first-order chi connectivity index (χ1) is 12.1. The number of amides is 2. The van der Waals surface area contributed by atoms with Gasteiger partial charge < -0.3 is 15.3 Å². The summed E-state index contributed by atoms with van der Waals surface area (Å²) in [6.07, 6.45) is 1.67. The molecule has 0 saturated heterocycles. The number of rotatable bonds is 9. The average molecular weight is 362 g/mol. The molecule has 1 unspecified atom stereocenters.